The first-order chi connectivity index (χ1) is 5.42. The summed E-state index contributed by atoms with van der Waals surface area (Å²) < 4.78 is 0. The van der Waals surface area contributed by atoms with E-state index in [2.05, 4.69) is 0 Å². The number of carboxylic acid groups (broad SMARTS) is 2. The maximum Gasteiger partial charge on any atom is 0.335 e. The molecule has 0 aliphatic carbocycles. The minimum absolute atomic E-state index is 0.00954. The molecule has 0 aromatic rings. The van der Waals surface area contributed by atoms with E-state index < -0.39 is 17.5 Å². The Morgan fingerprint density at radius 1 is 1.33 bits per heavy atom. The zero-order valence-corrected chi connectivity index (χ0v) is 6.78. The van der Waals surface area contributed by atoms with Gasteiger partial charge in [-0.3, -0.25) is 4.79 Å². The molecular weight excluding hydrogens is 164 g/mol. The van der Waals surface area contributed by atoms with Gasteiger partial charge >= 0.3 is 11.9 Å². The SMILES string of the molecule is CCC(O)(CCC(=O)O)C(=O)O. The molecule has 0 bridgehead atoms. The van der Waals surface area contributed by atoms with E-state index in [1.54, 1.807) is 0 Å². The van der Waals surface area contributed by atoms with Gasteiger partial charge in [-0.1, -0.05) is 6.92 Å². The number of aliphatic hydroxyl groups is 1. The highest BCUT2D eigenvalue weighted by Crippen LogP contribution is 2.17. The van der Waals surface area contributed by atoms with Gasteiger partial charge in [0.1, 0.15) is 0 Å². The molecule has 0 fully saturated rings. The van der Waals surface area contributed by atoms with Crippen LogP contribution >= 0.6 is 0 Å². The van der Waals surface area contributed by atoms with Crippen LogP contribution < -0.4 is 0 Å². The Labute approximate surface area is 69.6 Å². The summed E-state index contributed by atoms with van der Waals surface area (Å²) in [5.41, 5.74) is -1.89. The van der Waals surface area contributed by atoms with Crippen molar-refractivity contribution in [1.29, 1.82) is 0 Å². The molecule has 0 rings (SSSR count). The highest BCUT2D eigenvalue weighted by Gasteiger charge is 2.33. The smallest absolute Gasteiger partial charge is 0.335 e. The number of aliphatic carboxylic acids is 2. The van der Waals surface area contributed by atoms with Gasteiger partial charge in [-0.05, 0) is 12.8 Å². The van der Waals surface area contributed by atoms with Crippen molar-refractivity contribution in [2.75, 3.05) is 0 Å². The lowest BCUT2D eigenvalue weighted by Gasteiger charge is -2.19. The van der Waals surface area contributed by atoms with Crippen LogP contribution in [0.5, 0.6) is 0 Å². The molecule has 3 N–H and O–H groups in total. The van der Waals surface area contributed by atoms with Gasteiger partial charge in [0.2, 0.25) is 0 Å². The summed E-state index contributed by atoms with van der Waals surface area (Å²) in [7, 11) is 0. The highest BCUT2D eigenvalue weighted by molar-refractivity contribution is 5.78. The quantitative estimate of drug-likeness (QED) is 0.551. The van der Waals surface area contributed by atoms with Crippen molar-refractivity contribution >= 4 is 11.9 Å². The van der Waals surface area contributed by atoms with Gasteiger partial charge in [0, 0.05) is 6.42 Å². The maximum atomic E-state index is 10.4. The van der Waals surface area contributed by atoms with E-state index >= 15 is 0 Å². The Hall–Kier alpha value is -1.10. The highest BCUT2D eigenvalue weighted by atomic mass is 16.4. The van der Waals surface area contributed by atoms with E-state index in [0.29, 0.717) is 0 Å². The van der Waals surface area contributed by atoms with E-state index in [-0.39, 0.29) is 19.3 Å². The maximum absolute atomic E-state index is 10.4. The van der Waals surface area contributed by atoms with Crippen molar-refractivity contribution in [3.63, 3.8) is 0 Å². The molecule has 0 spiro atoms. The van der Waals surface area contributed by atoms with Crippen LogP contribution in [0.1, 0.15) is 26.2 Å². The van der Waals surface area contributed by atoms with Gasteiger partial charge in [-0.25, -0.2) is 4.79 Å². The normalized spacial score (nSPS) is 15.2. The number of hydrogen-bond acceptors (Lipinski definition) is 3. The number of hydrogen-bond donors (Lipinski definition) is 3. The monoisotopic (exact) mass is 176 g/mol. The third-order valence-corrected chi connectivity index (χ3v) is 1.74. The zero-order chi connectivity index (χ0) is 9.78. The molecule has 1 atom stereocenters. The predicted molar refractivity (Wildman–Crippen MR) is 39.7 cm³/mol. The fourth-order valence-corrected chi connectivity index (χ4v) is 0.749. The summed E-state index contributed by atoms with van der Waals surface area (Å²) in [6.45, 7) is 1.50. The van der Waals surface area contributed by atoms with E-state index in [1.165, 1.54) is 6.92 Å². The molecular formula is C7H12O5. The van der Waals surface area contributed by atoms with Gasteiger partial charge in [-0.2, -0.15) is 0 Å². The summed E-state index contributed by atoms with van der Waals surface area (Å²) in [6.07, 6.45) is -0.583. The van der Waals surface area contributed by atoms with E-state index in [0.717, 1.165) is 0 Å². The lowest BCUT2D eigenvalue weighted by Crippen LogP contribution is -2.38. The molecule has 12 heavy (non-hydrogen) atoms. The Morgan fingerprint density at radius 2 is 1.83 bits per heavy atom. The van der Waals surface area contributed by atoms with Crippen LogP contribution in [0.2, 0.25) is 0 Å². The van der Waals surface area contributed by atoms with Crippen LogP contribution in [-0.2, 0) is 9.59 Å². The van der Waals surface area contributed by atoms with Crippen molar-refractivity contribution in [2.24, 2.45) is 0 Å². The van der Waals surface area contributed by atoms with Gasteiger partial charge in [0.15, 0.2) is 5.60 Å². The van der Waals surface area contributed by atoms with Gasteiger partial charge in [0.25, 0.3) is 0 Å². The van der Waals surface area contributed by atoms with Gasteiger partial charge in [0.05, 0.1) is 0 Å². The van der Waals surface area contributed by atoms with Crippen molar-refractivity contribution < 1.29 is 24.9 Å². The molecule has 0 saturated carbocycles. The third kappa shape index (κ3) is 2.87. The molecule has 0 aliphatic rings. The second-order valence-electron chi connectivity index (χ2n) is 2.58. The molecule has 0 saturated heterocycles. The summed E-state index contributed by atoms with van der Waals surface area (Å²) in [5.74, 6) is -2.48. The van der Waals surface area contributed by atoms with E-state index in [1.807, 2.05) is 0 Å². The van der Waals surface area contributed by atoms with Crippen LogP contribution in [0.4, 0.5) is 0 Å². The Kier molecular flexibility index (Phi) is 3.69. The molecule has 0 radical (unpaired) electrons. The second kappa shape index (κ2) is 4.06. The average molecular weight is 176 g/mol. The van der Waals surface area contributed by atoms with E-state index in [9.17, 15) is 14.7 Å². The minimum atomic E-state index is -1.89. The van der Waals surface area contributed by atoms with Crippen LogP contribution in [0.25, 0.3) is 0 Å². The first kappa shape index (κ1) is 10.9. The predicted octanol–water partition coefficient (Wildman–Crippen LogP) is 0.0769. The minimum Gasteiger partial charge on any atom is -0.481 e. The van der Waals surface area contributed by atoms with Crippen molar-refractivity contribution in [3.8, 4) is 0 Å². The van der Waals surface area contributed by atoms with Gasteiger partial charge < -0.3 is 15.3 Å². The summed E-state index contributed by atoms with van der Waals surface area (Å²) in [5, 5.41) is 26.0. The molecule has 5 nitrogen and oxygen atoms in total. The van der Waals surface area contributed by atoms with Crippen molar-refractivity contribution in [1.82, 2.24) is 0 Å². The number of carbonyl (C=O) groups is 2. The van der Waals surface area contributed by atoms with Crippen LogP contribution in [0.3, 0.4) is 0 Å². The summed E-state index contributed by atoms with van der Waals surface area (Å²) in [6, 6.07) is 0. The topological polar surface area (TPSA) is 94.8 Å². The summed E-state index contributed by atoms with van der Waals surface area (Å²) in [4.78, 5) is 20.5. The molecule has 5 heteroatoms. The molecule has 0 heterocycles. The molecule has 0 amide bonds. The lowest BCUT2D eigenvalue weighted by atomic mass is 9.95. The standard InChI is InChI=1S/C7H12O5/c1-2-7(12,6(10)11)4-3-5(8)9/h12H,2-4H2,1H3,(H,8,9)(H,10,11). The number of carboxylic acids is 2. The fraction of sp³-hybridized carbons (Fsp3) is 0.714. The largest absolute Gasteiger partial charge is 0.481 e. The van der Waals surface area contributed by atoms with Crippen molar-refractivity contribution in [3.05, 3.63) is 0 Å². The summed E-state index contributed by atoms with van der Waals surface area (Å²) >= 11 is 0. The molecule has 0 aromatic carbocycles. The van der Waals surface area contributed by atoms with Crippen LogP contribution in [0.15, 0.2) is 0 Å². The zero-order valence-electron chi connectivity index (χ0n) is 6.78. The Balaban J connectivity index is 4.15. The van der Waals surface area contributed by atoms with Crippen molar-refractivity contribution in [2.45, 2.75) is 31.8 Å². The average Bonchev–Trinajstić information content (AvgIpc) is 1.99. The molecule has 0 aromatic heterocycles. The lowest BCUT2D eigenvalue weighted by molar-refractivity contribution is -0.160. The fourth-order valence-electron chi connectivity index (χ4n) is 0.749. The number of rotatable bonds is 5. The third-order valence-electron chi connectivity index (χ3n) is 1.74. The second-order valence-corrected chi connectivity index (χ2v) is 2.58. The molecule has 70 valence electrons. The van der Waals surface area contributed by atoms with Crippen LogP contribution in [-0.4, -0.2) is 32.9 Å². The first-order valence-corrected chi connectivity index (χ1v) is 3.60. The van der Waals surface area contributed by atoms with Gasteiger partial charge in [-0.15, -0.1) is 0 Å². The van der Waals surface area contributed by atoms with E-state index in [4.69, 9.17) is 10.2 Å². The Bertz CT molecular complexity index is 188. The Morgan fingerprint density at radius 3 is 2.08 bits per heavy atom. The molecule has 0 aliphatic heterocycles. The molecule has 1 unspecified atom stereocenters. The first-order valence-electron chi connectivity index (χ1n) is 3.60. The van der Waals surface area contributed by atoms with Crippen LogP contribution in [0, 0.1) is 0 Å².